The van der Waals surface area contributed by atoms with Crippen molar-refractivity contribution in [2.45, 2.75) is 6.54 Å². The molecule has 0 spiro atoms. The second-order valence-electron chi connectivity index (χ2n) is 5.59. The fraction of sp³-hybridized carbons (Fsp3) is 0.412. The summed E-state index contributed by atoms with van der Waals surface area (Å²) in [7, 11) is 0. The number of benzene rings is 1. The summed E-state index contributed by atoms with van der Waals surface area (Å²) >= 11 is 0. The number of hydrogen-bond donors (Lipinski definition) is 0. The molecule has 0 unspecified atom stereocenters. The molecule has 1 aliphatic heterocycles. The highest BCUT2D eigenvalue weighted by Gasteiger charge is 2.17. The van der Waals surface area contributed by atoms with Crippen LogP contribution in [0.5, 0.6) is 5.75 Å². The predicted octanol–water partition coefficient (Wildman–Crippen LogP) is 1.74. The van der Waals surface area contributed by atoms with Crippen LogP contribution in [0.15, 0.2) is 41.3 Å². The Hall–Kier alpha value is -2.36. The fourth-order valence-corrected chi connectivity index (χ4v) is 2.66. The van der Waals surface area contributed by atoms with Gasteiger partial charge in [0.2, 0.25) is 0 Å². The summed E-state index contributed by atoms with van der Waals surface area (Å²) in [5.41, 5.74) is 1.61. The van der Waals surface area contributed by atoms with E-state index in [1.165, 1.54) is 6.39 Å². The molecule has 6 nitrogen and oxygen atoms in total. The van der Waals surface area contributed by atoms with Gasteiger partial charge in [0.25, 0.3) is 0 Å². The summed E-state index contributed by atoms with van der Waals surface area (Å²) in [4.78, 5) is 8.94. The molecule has 0 saturated carbocycles. The van der Waals surface area contributed by atoms with Gasteiger partial charge in [-0.15, -0.1) is 0 Å². The molecule has 2 heterocycles. The molecule has 0 radical (unpaired) electrons. The minimum atomic E-state index is 0.629. The zero-order valence-corrected chi connectivity index (χ0v) is 13.0. The zero-order valence-electron chi connectivity index (χ0n) is 13.0. The second-order valence-corrected chi connectivity index (χ2v) is 5.59. The third-order valence-corrected chi connectivity index (χ3v) is 3.97. The summed E-state index contributed by atoms with van der Waals surface area (Å²) in [6, 6.07) is 9.40. The van der Waals surface area contributed by atoms with Crippen molar-refractivity contribution in [1.82, 2.24) is 14.8 Å². The van der Waals surface area contributed by atoms with Gasteiger partial charge in [-0.1, -0.05) is 6.07 Å². The Balaban J connectivity index is 1.37. The van der Waals surface area contributed by atoms with Gasteiger partial charge in [-0.25, -0.2) is 4.98 Å². The minimum absolute atomic E-state index is 0.629. The Morgan fingerprint density at radius 3 is 2.78 bits per heavy atom. The van der Waals surface area contributed by atoms with Crippen LogP contribution >= 0.6 is 0 Å². The summed E-state index contributed by atoms with van der Waals surface area (Å²) in [5, 5.41) is 8.88. The van der Waals surface area contributed by atoms with Crippen molar-refractivity contribution < 1.29 is 9.15 Å². The van der Waals surface area contributed by atoms with Crippen molar-refractivity contribution in [2.75, 3.05) is 39.3 Å². The molecular weight excluding hydrogens is 292 g/mol. The first kappa shape index (κ1) is 15.5. The van der Waals surface area contributed by atoms with Gasteiger partial charge in [0.05, 0.1) is 17.3 Å². The highest BCUT2D eigenvalue weighted by molar-refractivity contribution is 5.36. The summed E-state index contributed by atoms with van der Waals surface area (Å²) < 4.78 is 10.7. The molecule has 0 aliphatic carbocycles. The van der Waals surface area contributed by atoms with E-state index in [9.17, 15) is 0 Å². The zero-order chi connectivity index (χ0) is 15.9. The lowest BCUT2D eigenvalue weighted by atomic mass is 10.2. The molecule has 3 rings (SSSR count). The van der Waals surface area contributed by atoms with Crippen LogP contribution in [-0.4, -0.2) is 54.1 Å². The second kappa shape index (κ2) is 7.77. The van der Waals surface area contributed by atoms with Crippen LogP contribution in [0.2, 0.25) is 0 Å². The number of hydrogen-bond acceptors (Lipinski definition) is 6. The van der Waals surface area contributed by atoms with Crippen molar-refractivity contribution in [3.63, 3.8) is 0 Å². The Kier molecular flexibility index (Phi) is 5.25. The van der Waals surface area contributed by atoms with Crippen molar-refractivity contribution in [1.29, 1.82) is 5.26 Å². The summed E-state index contributed by atoms with van der Waals surface area (Å²) in [6.07, 6.45) is 3.18. The first-order valence-corrected chi connectivity index (χ1v) is 7.78. The normalized spacial score (nSPS) is 16.1. The highest BCUT2D eigenvalue weighted by atomic mass is 16.5. The number of nitrogens with zero attached hydrogens (tertiary/aromatic N) is 4. The molecule has 1 aromatic carbocycles. The lowest BCUT2D eigenvalue weighted by Gasteiger charge is -2.34. The topological polar surface area (TPSA) is 65.5 Å². The van der Waals surface area contributed by atoms with E-state index in [-0.39, 0.29) is 0 Å². The van der Waals surface area contributed by atoms with Gasteiger partial charge < -0.3 is 9.15 Å². The van der Waals surface area contributed by atoms with E-state index in [1.54, 1.807) is 18.4 Å². The van der Waals surface area contributed by atoms with Gasteiger partial charge in [-0.3, -0.25) is 9.80 Å². The van der Waals surface area contributed by atoms with E-state index >= 15 is 0 Å². The molecule has 1 aromatic heterocycles. The molecule has 1 aliphatic rings. The Morgan fingerprint density at radius 2 is 2.04 bits per heavy atom. The van der Waals surface area contributed by atoms with Crippen molar-refractivity contribution in [3.05, 3.63) is 48.2 Å². The molecule has 120 valence electrons. The Bertz CT molecular complexity index is 643. The molecule has 6 heteroatoms. The number of nitriles is 1. The first-order chi connectivity index (χ1) is 11.3. The molecular formula is C17H20N4O2. The van der Waals surface area contributed by atoms with Crippen molar-refractivity contribution >= 4 is 0 Å². The van der Waals surface area contributed by atoms with Gasteiger partial charge in [-0.05, 0) is 18.2 Å². The predicted molar refractivity (Wildman–Crippen MR) is 84.9 cm³/mol. The molecule has 1 fully saturated rings. The molecule has 0 N–H and O–H groups in total. The van der Waals surface area contributed by atoms with Crippen LogP contribution in [0.25, 0.3) is 0 Å². The molecule has 0 atom stereocenters. The molecule has 2 aromatic rings. The van der Waals surface area contributed by atoms with Crippen LogP contribution < -0.4 is 4.74 Å². The van der Waals surface area contributed by atoms with Crippen molar-refractivity contribution in [3.8, 4) is 11.8 Å². The van der Waals surface area contributed by atoms with Gasteiger partial charge in [0.15, 0.2) is 6.39 Å². The van der Waals surface area contributed by atoms with Crippen LogP contribution in [0.4, 0.5) is 0 Å². The van der Waals surface area contributed by atoms with Crippen LogP contribution in [0.3, 0.4) is 0 Å². The molecule has 0 bridgehead atoms. The van der Waals surface area contributed by atoms with E-state index < -0.39 is 0 Å². The third kappa shape index (κ3) is 4.55. The average Bonchev–Trinajstić information content (AvgIpc) is 3.10. The summed E-state index contributed by atoms with van der Waals surface area (Å²) in [6.45, 7) is 6.49. The highest BCUT2D eigenvalue weighted by Crippen LogP contribution is 2.13. The van der Waals surface area contributed by atoms with Crippen LogP contribution in [0.1, 0.15) is 11.3 Å². The van der Waals surface area contributed by atoms with E-state index in [1.807, 2.05) is 12.1 Å². The maximum atomic E-state index is 8.88. The first-order valence-electron chi connectivity index (χ1n) is 7.78. The maximum Gasteiger partial charge on any atom is 0.180 e. The monoisotopic (exact) mass is 312 g/mol. The number of piperazine rings is 1. The number of oxazole rings is 1. The van der Waals surface area contributed by atoms with Crippen LogP contribution in [-0.2, 0) is 6.54 Å². The number of aromatic nitrogens is 1. The van der Waals surface area contributed by atoms with Crippen molar-refractivity contribution in [2.24, 2.45) is 0 Å². The summed E-state index contributed by atoms with van der Waals surface area (Å²) in [5.74, 6) is 0.758. The van der Waals surface area contributed by atoms with Gasteiger partial charge >= 0.3 is 0 Å². The number of rotatable bonds is 6. The quantitative estimate of drug-likeness (QED) is 0.809. The Morgan fingerprint density at radius 1 is 1.22 bits per heavy atom. The maximum absolute atomic E-state index is 8.88. The smallest absolute Gasteiger partial charge is 0.180 e. The molecule has 0 amide bonds. The molecule has 23 heavy (non-hydrogen) atoms. The fourth-order valence-electron chi connectivity index (χ4n) is 2.66. The van der Waals surface area contributed by atoms with E-state index in [0.29, 0.717) is 12.2 Å². The van der Waals surface area contributed by atoms with Gasteiger partial charge in [0.1, 0.15) is 18.6 Å². The lowest BCUT2D eigenvalue weighted by Crippen LogP contribution is -2.47. The largest absolute Gasteiger partial charge is 0.492 e. The Labute approximate surface area is 135 Å². The third-order valence-electron chi connectivity index (χ3n) is 3.97. The SMILES string of the molecule is N#Cc1cccc(OCCN2CCN(Cc3cocn3)CC2)c1. The van der Waals surface area contributed by atoms with E-state index in [4.69, 9.17) is 14.4 Å². The van der Waals surface area contributed by atoms with Crippen LogP contribution in [0, 0.1) is 11.3 Å². The molecule has 1 saturated heterocycles. The average molecular weight is 312 g/mol. The van der Waals surface area contributed by atoms with Gasteiger partial charge in [-0.2, -0.15) is 5.26 Å². The lowest BCUT2D eigenvalue weighted by molar-refractivity contribution is 0.111. The van der Waals surface area contributed by atoms with Gasteiger partial charge in [0, 0.05) is 39.3 Å². The minimum Gasteiger partial charge on any atom is -0.492 e. The van der Waals surface area contributed by atoms with E-state index in [2.05, 4.69) is 20.9 Å². The standard InChI is InChI=1S/C17H20N4O2/c18-11-15-2-1-3-17(10-15)23-9-8-20-4-6-21(7-5-20)12-16-13-22-14-19-16/h1-3,10,13-14H,4-9,12H2. The van der Waals surface area contributed by atoms with E-state index in [0.717, 1.165) is 50.7 Å². The number of ether oxygens (including phenoxy) is 1.